The van der Waals surface area contributed by atoms with E-state index in [2.05, 4.69) is 20.6 Å². The molecule has 0 saturated carbocycles. The first-order valence-corrected chi connectivity index (χ1v) is 18.1. The van der Waals surface area contributed by atoms with E-state index in [-0.39, 0.29) is 66.1 Å². The number of benzene rings is 1. The number of aliphatic carboxylic acids is 2. The zero-order chi connectivity index (χ0) is 39.7. The van der Waals surface area contributed by atoms with Crippen LogP contribution < -0.4 is 11.1 Å². The van der Waals surface area contributed by atoms with E-state index in [1.807, 2.05) is 0 Å². The molecule has 23 heteroatoms. The van der Waals surface area contributed by atoms with Gasteiger partial charge in [0.05, 0.1) is 41.2 Å². The van der Waals surface area contributed by atoms with Gasteiger partial charge in [-0.15, -0.1) is 11.3 Å². The van der Waals surface area contributed by atoms with E-state index in [4.69, 9.17) is 22.2 Å². The van der Waals surface area contributed by atoms with Gasteiger partial charge in [-0.25, -0.2) is 24.4 Å². The first-order chi connectivity index (χ1) is 25.4. The number of halogens is 1. The van der Waals surface area contributed by atoms with Crippen molar-refractivity contribution in [2.45, 2.75) is 49.0 Å². The standard InChI is InChI=1S/C31H33ClN8O12S2/c1-30(2,26(47)48)52-37-21(17-12-53-28(33)36-17)19(43)10-16-24(46)38-13-31(27(49)50,54-25(16)38)39-8-9-40(29(39)51)35-11-14(41)4-3-7-34-23(45)15-5-6-18(42)22(44)20(15)32/h5-6,11-12,16,25,42,44H,3-4,7-10,13H2,1-2H3,(H2,33,36)(H,34,45)(H,47,48)(H,49,50)/b35-11+,37-21-/t16-,25-,31-/m1/s1. The van der Waals surface area contributed by atoms with Crippen LogP contribution in [0.1, 0.15) is 49.2 Å². The number of ketones is 2. The summed E-state index contributed by atoms with van der Waals surface area (Å²) in [6, 6.07) is 1.49. The highest BCUT2D eigenvalue weighted by Crippen LogP contribution is 2.53. The van der Waals surface area contributed by atoms with Gasteiger partial charge >= 0.3 is 18.0 Å². The highest BCUT2D eigenvalue weighted by molar-refractivity contribution is 8.02. The molecule has 5 rings (SSSR count). The summed E-state index contributed by atoms with van der Waals surface area (Å²) in [5.74, 6) is -7.35. The average Bonchev–Trinajstić information content (AvgIpc) is 3.82. The van der Waals surface area contributed by atoms with Crippen LogP contribution in [0.2, 0.25) is 5.02 Å². The number of β-lactam (4-membered cyclic amide) rings is 1. The number of aromatic hydroxyl groups is 2. The lowest BCUT2D eigenvalue weighted by Crippen LogP contribution is -2.59. The number of amides is 4. The van der Waals surface area contributed by atoms with Crippen LogP contribution in [0, 0.1) is 5.92 Å². The molecule has 2 aromatic rings. The smallest absolute Gasteiger partial charge is 0.350 e. The van der Waals surface area contributed by atoms with Gasteiger partial charge in [-0.05, 0) is 32.4 Å². The molecular weight excluding hydrogens is 776 g/mol. The Hall–Kier alpha value is -5.48. The van der Waals surface area contributed by atoms with Crippen molar-refractivity contribution in [3.8, 4) is 11.5 Å². The molecular formula is C31H33ClN8O12S2. The Morgan fingerprint density at radius 1 is 1.19 bits per heavy atom. The molecule has 3 saturated heterocycles. The van der Waals surface area contributed by atoms with E-state index < -0.39 is 81.0 Å². The minimum Gasteiger partial charge on any atom is -0.504 e. The minimum atomic E-state index is -1.94. The largest absolute Gasteiger partial charge is 0.504 e. The summed E-state index contributed by atoms with van der Waals surface area (Å²) in [5.41, 5.74) is 3.43. The molecule has 7 N–H and O–H groups in total. The number of phenolic OH excluding ortho intramolecular Hbond substituents is 2. The molecule has 3 atom stereocenters. The number of nitrogen functional groups attached to an aromatic ring is 1. The fourth-order valence-corrected chi connectivity index (χ4v) is 8.02. The summed E-state index contributed by atoms with van der Waals surface area (Å²) in [6.07, 6.45) is 0.538. The third-order valence-electron chi connectivity index (χ3n) is 8.59. The molecule has 0 unspecified atom stereocenters. The van der Waals surface area contributed by atoms with Crippen molar-refractivity contribution in [2.75, 3.05) is 31.9 Å². The Labute approximate surface area is 318 Å². The number of nitrogens with zero attached hydrogens (tertiary/aromatic N) is 6. The number of carbonyl (C=O) groups excluding carboxylic acids is 5. The lowest BCUT2D eigenvalue weighted by molar-refractivity contribution is -0.161. The van der Waals surface area contributed by atoms with Gasteiger partial charge in [-0.2, -0.15) is 5.10 Å². The van der Waals surface area contributed by atoms with Gasteiger partial charge in [0.2, 0.25) is 16.4 Å². The Morgan fingerprint density at radius 2 is 1.91 bits per heavy atom. The highest BCUT2D eigenvalue weighted by atomic mass is 35.5. The zero-order valence-electron chi connectivity index (χ0n) is 28.4. The lowest BCUT2D eigenvalue weighted by atomic mass is 9.90. The maximum atomic E-state index is 13.5. The number of nitrogens with one attached hydrogen (secondary N) is 1. The van der Waals surface area contributed by atoms with E-state index in [1.54, 1.807) is 0 Å². The number of aromatic nitrogens is 1. The number of fused-ring (bicyclic) bond motifs is 1. The molecule has 0 aliphatic carbocycles. The van der Waals surface area contributed by atoms with Gasteiger partial charge in [0.15, 0.2) is 33.9 Å². The van der Waals surface area contributed by atoms with Crippen LogP contribution >= 0.6 is 34.7 Å². The maximum absolute atomic E-state index is 13.5. The summed E-state index contributed by atoms with van der Waals surface area (Å²) in [5, 5.41) is 50.4. The number of phenols is 2. The number of Topliss-reactive ketones (excluding diaryl/α,β-unsaturated/α-hetero) is 2. The van der Waals surface area contributed by atoms with Crippen molar-refractivity contribution in [3.05, 3.63) is 33.8 Å². The number of oxime groups is 1. The molecule has 3 aliphatic rings. The van der Waals surface area contributed by atoms with Crippen LogP contribution in [0.3, 0.4) is 0 Å². The molecule has 3 fully saturated rings. The Morgan fingerprint density at radius 3 is 2.56 bits per heavy atom. The monoisotopic (exact) mass is 808 g/mol. The number of carboxylic acids is 2. The maximum Gasteiger partial charge on any atom is 0.350 e. The normalized spacial score (nSPS) is 21.3. The predicted octanol–water partition coefficient (Wildman–Crippen LogP) is 1.15. The number of rotatable bonds is 16. The van der Waals surface area contributed by atoms with Crippen LogP contribution in [0.4, 0.5) is 9.93 Å². The molecule has 20 nitrogen and oxygen atoms in total. The number of thioether (sulfide) groups is 1. The number of carbonyl (C=O) groups is 7. The number of carboxylic acid groups (broad SMARTS) is 2. The third kappa shape index (κ3) is 7.75. The zero-order valence-corrected chi connectivity index (χ0v) is 30.8. The second-order valence-corrected chi connectivity index (χ2v) is 15.3. The van der Waals surface area contributed by atoms with Crippen LogP contribution in [0.5, 0.6) is 11.5 Å². The Kier molecular flexibility index (Phi) is 11.4. The minimum absolute atomic E-state index is 0.00212. The van der Waals surface area contributed by atoms with Crippen molar-refractivity contribution >= 4 is 93.1 Å². The molecule has 4 amide bonds. The molecule has 3 aliphatic heterocycles. The second-order valence-electron chi connectivity index (χ2n) is 12.6. The lowest BCUT2D eigenvalue weighted by Gasteiger charge is -2.40. The molecule has 4 heterocycles. The van der Waals surface area contributed by atoms with E-state index in [9.17, 15) is 54.0 Å². The summed E-state index contributed by atoms with van der Waals surface area (Å²) in [6.45, 7) is 1.90. The first-order valence-electron chi connectivity index (χ1n) is 16.0. The molecule has 0 bridgehead atoms. The fraction of sp³-hybridized carbons (Fsp3) is 0.419. The summed E-state index contributed by atoms with van der Waals surface area (Å²) in [4.78, 5) is 98.7. The van der Waals surface area contributed by atoms with Crippen molar-refractivity contribution in [1.29, 1.82) is 0 Å². The molecule has 54 heavy (non-hydrogen) atoms. The van der Waals surface area contributed by atoms with E-state index >= 15 is 0 Å². The fourth-order valence-electron chi connectivity index (χ4n) is 5.54. The van der Waals surface area contributed by atoms with Crippen molar-refractivity contribution in [2.24, 2.45) is 16.2 Å². The number of urea groups is 1. The molecule has 1 aromatic heterocycles. The molecule has 0 radical (unpaired) electrons. The molecule has 288 valence electrons. The van der Waals surface area contributed by atoms with Crippen LogP contribution in [-0.4, -0.2) is 136 Å². The average molecular weight is 809 g/mol. The number of thiazole rings is 1. The summed E-state index contributed by atoms with van der Waals surface area (Å²) < 4.78 is 0. The molecule has 0 spiro atoms. The Balaban J connectivity index is 1.18. The van der Waals surface area contributed by atoms with E-state index in [1.165, 1.54) is 30.2 Å². The van der Waals surface area contributed by atoms with E-state index in [0.717, 1.165) is 45.3 Å². The summed E-state index contributed by atoms with van der Waals surface area (Å²) >= 11 is 7.69. The number of nitrogens with two attached hydrogens (primary N) is 1. The second kappa shape index (κ2) is 15.5. The topological polar surface area (TPSA) is 295 Å². The highest BCUT2D eigenvalue weighted by Gasteiger charge is 2.66. The van der Waals surface area contributed by atoms with E-state index in [0.29, 0.717) is 0 Å². The van der Waals surface area contributed by atoms with Crippen LogP contribution in [0.25, 0.3) is 0 Å². The number of hydrazone groups is 1. The third-order valence-corrected chi connectivity index (χ3v) is 11.4. The predicted molar refractivity (Wildman–Crippen MR) is 191 cm³/mol. The van der Waals surface area contributed by atoms with Crippen molar-refractivity contribution < 1.29 is 58.8 Å². The van der Waals surface area contributed by atoms with Crippen LogP contribution in [0.15, 0.2) is 27.8 Å². The van der Waals surface area contributed by atoms with Gasteiger partial charge in [0.25, 0.3) is 5.91 Å². The van der Waals surface area contributed by atoms with Crippen molar-refractivity contribution in [1.82, 2.24) is 25.1 Å². The van der Waals surface area contributed by atoms with Gasteiger partial charge < -0.3 is 41.2 Å². The van der Waals surface area contributed by atoms with Gasteiger partial charge in [-0.3, -0.25) is 24.1 Å². The SMILES string of the molecule is CC(C)(O/N=C(\C(=O)C[C@@H]1C(=O)N2C[C@@](C(=O)O)(N3CCN(/N=C/C(=O)CCCNC(=O)c4ccc(O)c(O)c4Cl)C3=O)S[C@H]12)c1csc(N)n1)C(=O)O. The number of hydrogen-bond donors (Lipinski definition) is 6. The summed E-state index contributed by atoms with van der Waals surface area (Å²) in [7, 11) is 0. The van der Waals surface area contributed by atoms with Crippen LogP contribution in [-0.2, 0) is 28.8 Å². The first kappa shape index (κ1) is 39.7. The molecule has 1 aromatic carbocycles. The quantitative estimate of drug-likeness (QED) is 0.0456. The Bertz CT molecular complexity index is 1990. The van der Waals surface area contributed by atoms with Gasteiger partial charge in [0, 0.05) is 31.3 Å². The van der Waals surface area contributed by atoms with Crippen molar-refractivity contribution in [3.63, 3.8) is 0 Å². The number of hydrogen-bond acceptors (Lipinski definition) is 16. The van der Waals surface area contributed by atoms with Gasteiger partial charge in [-0.1, -0.05) is 28.5 Å². The number of anilines is 1. The van der Waals surface area contributed by atoms with Gasteiger partial charge in [0.1, 0.15) is 5.69 Å².